The molecule has 0 spiro atoms. The summed E-state index contributed by atoms with van der Waals surface area (Å²) in [5, 5.41) is 3.91. The fourth-order valence-electron chi connectivity index (χ4n) is 1.90. The Labute approximate surface area is 125 Å². The van der Waals surface area contributed by atoms with Crippen LogP contribution < -0.4 is 11.1 Å². The van der Waals surface area contributed by atoms with Crippen LogP contribution in [-0.2, 0) is 4.79 Å². The first-order valence-corrected chi connectivity index (χ1v) is 6.53. The lowest BCUT2D eigenvalue weighted by Crippen LogP contribution is -2.44. The Bertz CT molecular complexity index is 547. The summed E-state index contributed by atoms with van der Waals surface area (Å²) in [6.45, 7) is 5.74. The Hall–Kier alpha value is -1.52. The van der Waals surface area contributed by atoms with E-state index in [-0.39, 0.29) is 30.3 Å². The van der Waals surface area contributed by atoms with Gasteiger partial charge < -0.3 is 15.5 Å². The predicted molar refractivity (Wildman–Crippen MR) is 82.8 cm³/mol. The summed E-state index contributed by atoms with van der Waals surface area (Å²) in [6, 6.07) is 9.04. The number of rotatable bonds is 4. The minimum atomic E-state index is -0.494. The Kier molecular flexibility index (Phi) is 5.60. The smallest absolute Gasteiger partial charge is 0.237 e. The molecule has 0 saturated carbocycles. The largest absolute Gasteiger partial charge is 0.459 e. The van der Waals surface area contributed by atoms with Gasteiger partial charge in [0.1, 0.15) is 11.3 Å². The van der Waals surface area contributed by atoms with Crippen molar-refractivity contribution >= 4 is 29.3 Å². The van der Waals surface area contributed by atoms with Crippen molar-refractivity contribution in [3.63, 3.8) is 0 Å². The van der Waals surface area contributed by atoms with E-state index in [1.807, 2.05) is 51.1 Å². The molecule has 20 heavy (non-hydrogen) atoms. The number of carbonyl (C=O) groups is 1. The summed E-state index contributed by atoms with van der Waals surface area (Å²) in [5.41, 5.74) is 6.64. The van der Waals surface area contributed by atoms with Gasteiger partial charge in [-0.1, -0.05) is 32.0 Å². The summed E-state index contributed by atoms with van der Waals surface area (Å²) in [5.74, 6) is 0.705. The van der Waals surface area contributed by atoms with Gasteiger partial charge in [-0.25, -0.2) is 0 Å². The monoisotopic (exact) mass is 296 g/mol. The van der Waals surface area contributed by atoms with Crippen LogP contribution in [0.3, 0.4) is 0 Å². The molecule has 4 nitrogen and oxygen atoms in total. The zero-order chi connectivity index (χ0) is 14.0. The standard InChI is InChI=1S/C15H20N2O2.ClH/c1-9(2)14(16)15(18)17-10(3)13-8-11-6-4-5-7-12(11)19-13;/h4-10,14H,16H2,1-3H3,(H,17,18);1H/t10?,14-;/m1./s1. The van der Waals surface area contributed by atoms with E-state index in [0.29, 0.717) is 0 Å². The van der Waals surface area contributed by atoms with Crippen molar-refractivity contribution < 1.29 is 9.21 Å². The van der Waals surface area contributed by atoms with Crippen molar-refractivity contribution in [3.8, 4) is 0 Å². The number of amides is 1. The molecule has 1 aromatic heterocycles. The number of carbonyl (C=O) groups excluding carboxylic acids is 1. The summed E-state index contributed by atoms with van der Waals surface area (Å²) >= 11 is 0. The number of halogens is 1. The van der Waals surface area contributed by atoms with Crippen molar-refractivity contribution in [2.45, 2.75) is 32.9 Å². The normalized spacial score (nSPS) is 13.8. The third kappa shape index (κ3) is 3.52. The number of nitrogens with one attached hydrogen (secondary N) is 1. The number of para-hydroxylation sites is 1. The molecule has 2 aromatic rings. The lowest BCUT2D eigenvalue weighted by molar-refractivity contribution is -0.124. The van der Waals surface area contributed by atoms with Crippen LogP contribution in [0, 0.1) is 5.92 Å². The molecule has 2 rings (SSSR count). The van der Waals surface area contributed by atoms with Crippen LogP contribution in [-0.4, -0.2) is 11.9 Å². The summed E-state index contributed by atoms with van der Waals surface area (Å²) < 4.78 is 5.72. The highest BCUT2D eigenvalue weighted by Gasteiger charge is 2.20. The van der Waals surface area contributed by atoms with Crippen molar-refractivity contribution in [2.75, 3.05) is 0 Å². The van der Waals surface area contributed by atoms with Crippen LogP contribution in [0.25, 0.3) is 11.0 Å². The number of nitrogens with two attached hydrogens (primary N) is 1. The van der Waals surface area contributed by atoms with Crippen LogP contribution >= 0.6 is 12.4 Å². The van der Waals surface area contributed by atoms with E-state index in [4.69, 9.17) is 10.2 Å². The SMILES string of the molecule is CC(NC(=O)[C@H](N)C(C)C)c1cc2ccccc2o1.Cl. The zero-order valence-corrected chi connectivity index (χ0v) is 12.7. The molecule has 2 atom stereocenters. The highest BCUT2D eigenvalue weighted by Crippen LogP contribution is 2.23. The molecule has 1 heterocycles. The fourth-order valence-corrected chi connectivity index (χ4v) is 1.90. The van der Waals surface area contributed by atoms with Gasteiger partial charge in [0, 0.05) is 5.39 Å². The first-order chi connectivity index (χ1) is 8.99. The van der Waals surface area contributed by atoms with Gasteiger partial charge in [0.05, 0.1) is 12.1 Å². The Morgan fingerprint density at radius 2 is 1.90 bits per heavy atom. The average molecular weight is 297 g/mol. The molecule has 0 radical (unpaired) electrons. The minimum absolute atomic E-state index is 0. The Morgan fingerprint density at radius 1 is 1.25 bits per heavy atom. The highest BCUT2D eigenvalue weighted by molar-refractivity contribution is 5.85. The van der Waals surface area contributed by atoms with Crippen molar-refractivity contribution in [2.24, 2.45) is 11.7 Å². The van der Waals surface area contributed by atoms with Crippen LogP contribution in [0.5, 0.6) is 0 Å². The number of fused-ring (bicyclic) bond motifs is 1. The second-order valence-corrected chi connectivity index (χ2v) is 5.19. The summed E-state index contributed by atoms with van der Waals surface area (Å²) in [7, 11) is 0. The van der Waals surface area contributed by atoms with E-state index >= 15 is 0 Å². The van der Waals surface area contributed by atoms with Crippen LogP contribution in [0.2, 0.25) is 0 Å². The van der Waals surface area contributed by atoms with Crippen LogP contribution in [0.15, 0.2) is 34.7 Å². The summed E-state index contributed by atoms with van der Waals surface area (Å²) in [4.78, 5) is 11.9. The topological polar surface area (TPSA) is 68.3 Å². The van der Waals surface area contributed by atoms with E-state index in [1.165, 1.54) is 0 Å². The predicted octanol–water partition coefficient (Wildman–Crippen LogP) is 3.02. The Morgan fingerprint density at radius 3 is 2.50 bits per heavy atom. The molecule has 0 aliphatic carbocycles. The van der Waals surface area contributed by atoms with Gasteiger partial charge in [0.25, 0.3) is 0 Å². The number of furan rings is 1. The maximum absolute atomic E-state index is 11.9. The van der Waals surface area contributed by atoms with Gasteiger partial charge in [0.2, 0.25) is 5.91 Å². The van der Waals surface area contributed by atoms with Gasteiger partial charge in [-0.2, -0.15) is 0 Å². The molecule has 0 bridgehead atoms. The second kappa shape index (κ2) is 6.77. The maximum atomic E-state index is 11.9. The Balaban J connectivity index is 0.00000200. The van der Waals surface area contributed by atoms with E-state index in [0.717, 1.165) is 16.7 Å². The van der Waals surface area contributed by atoms with Gasteiger partial charge in [0.15, 0.2) is 0 Å². The molecule has 1 unspecified atom stereocenters. The van der Waals surface area contributed by atoms with Crippen molar-refractivity contribution in [1.82, 2.24) is 5.32 Å². The van der Waals surface area contributed by atoms with Gasteiger partial charge in [-0.15, -0.1) is 12.4 Å². The fraction of sp³-hybridized carbons (Fsp3) is 0.400. The van der Waals surface area contributed by atoms with E-state index in [2.05, 4.69) is 5.32 Å². The molecule has 110 valence electrons. The van der Waals surface area contributed by atoms with Crippen molar-refractivity contribution in [1.29, 1.82) is 0 Å². The average Bonchev–Trinajstić information content (AvgIpc) is 2.81. The first kappa shape index (κ1) is 16.5. The molecule has 3 N–H and O–H groups in total. The van der Waals surface area contributed by atoms with Gasteiger partial charge >= 0.3 is 0 Å². The van der Waals surface area contributed by atoms with E-state index < -0.39 is 6.04 Å². The third-order valence-corrected chi connectivity index (χ3v) is 3.25. The zero-order valence-electron chi connectivity index (χ0n) is 11.9. The molecule has 0 fully saturated rings. The third-order valence-electron chi connectivity index (χ3n) is 3.25. The lowest BCUT2D eigenvalue weighted by atomic mass is 10.0. The van der Waals surface area contributed by atoms with E-state index in [9.17, 15) is 4.79 Å². The molecular formula is C15H21ClN2O2. The molecule has 0 aliphatic heterocycles. The van der Waals surface area contributed by atoms with Crippen molar-refractivity contribution in [3.05, 3.63) is 36.1 Å². The van der Waals surface area contributed by atoms with Crippen LogP contribution in [0.4, 0.5) is 0 Å². The molecule has 1 amide bonds. The van der Waals surface area contributed by atoms with Gasteiger partial charge in [-0.05, 0) is 25.0 Å². The number of benzene rings is 1. The molecule has 0 aliphatic rings. The molecule has 1 aromatic carbocycles. The second-order valence-electron chi connectivity index (χ2n) is 5.19. The maximum Gasteiger partial charge on any atom is 0.237 e. The minimum Gasteiger partial charge on any atom is -0.459 e. The van der Waals surface area contributed by atoms with Crippen LogP contribution in [0.1, 0.15) is 32.6 Å². The highest BCUT2D eigenvalue weighted by atomic mass is 35.5. The summed E-state index contributed by atoms with van der Waals surface area (Å²) in [6.07, 6.45) is 0. The number of hydrogen-bond acceptors (Lipinski definition) is 3. The lowest BCUT2D eigenvalue weighted by Gasteiger charge is -2.18. The first-order valence-electron chi connectivity index (χ1n) is 6.53. The number of hydrogen-bond donors (Lipinski definition) is 2. The molecule has 0 saturated heterocycles. The van der Waals surface area contributed by atoms with Gasteiger partial charge in [-0.3, -0.25) is 4.79 Å². The molecule has 5 heteroatoms. The molecular weight excluding hydrogens is 276 g/mol. The quantitative estimate of drug-likeness (QED) is 0.911. The van der Waals surface area contributed by atoms with E-state index in [1.54, 1.807) is 0 Å².